The van der Waals surface area contributed by atoms with Crippen LogP contribution in [-0.4, -0.2) is 22.8 Å². The van der Waals surface area contributed by atoms with Crippen LogP contribution in [0.15, 0.2) is 28.2 Å². The van der Waals surface area contributed by atoms with Gasteiger partial charge in [0.2, 0.25) is 0 Å². The molecule has 0 aliphatic rings. The van der Waals surface area contributed by atoms with E-state index in [1.807, 2.05) is 19.2 Å². The molecule has 0 fully saturated rings. The number of sulfonamides is 1. The van der Waals surface area contributed by atoms with Gasteiger partial charge in [-0.2, -0.15) is 8.42 Å². The average Bonchev–Trinajstić information content (AvgIpc) is 3.01. The summed E-state index contributed by atoms with van der Waals surface area (Å²) < 4.78 is 28.8. The molecule has 0 saturated carbocycles. The molecule has 0 amide bonds. The second kappa shape index (κ2) is 4.83. The highest BCUT2D eigenvalue weighted by Gasteiger charge is 2.21. The van der Waals surface area contributed by atoms with E-state index in [0.29, 0.717) is 10.1 Å². The van der Waals surface area contributed by atoms with Gasteiger partial charge in [0.25, 0.3) is 10.0 Å². The smallest absolute Gasteiger partial charge is 0.279 e. The molecule has 9 heteroatoms. The van der Waals surface area contributed by atoms with Crippen molar-refractivity contribution in [3.8, 4) is 0 Å². The van der Waals surface area contributed by atoms with Crippen LogP contribution in [0.1, 0.15) is 25.5 Å². The standard InChI is InChI=1S/C11H12N4O2S3/c1-7(2)8-6-19-10(13-8)14-20(16,17)9-5-12-11-15(9)3-4-18-11/h3-7H,1-2H3,(H,13,14). The summed E-state index contributed by atoms with van der Waals surface area (Å²) in [5.74, 6) is 0.267. The summed E-state index contributed by atoms with van der Waals surface area (Å²) in [5.41, 5.74) is 0.877. The van der Waals surface area contributed by atoms with Crippen molar-refractivity contribution in [2.45, 2.75) is 24.8 Å². The lowest BCUT2D eigenvalue weighted by Crippen LogP contribution is -2.14. The Morgan fingerprint density at radius 3 is 2.85 bits per heavy atom. The van der Waals surface area contributed by atoms with Crippen LogP contribution < -0.4 is 4.72 Å². The molecule has 1 N–H and O–H groups in total. The topological polar surface area (TPSA) is 76.4 Å². The Morgan fingerprint density at radius 1 is 1.35 bits per heavy atom. The second-order valence-electron chi connectivity index (χ2n) is 4.49. The quantitative estimate of drug-likeness (QED) is 0.799. The van der Waals surface area contributed by atoms with Crippen molar-refractivity contribution in [1.29, 1.82) is 0 Å². The molecule has 0 saturated heterocycles. The fourth-order valence-electron chi connectivity index (χ4n) is 1.67. The van der Waals surface area contributed by atoms with Gasteiger partial charge in [-0.25, -0.2) is 9.97 Å². The molecule has 3 aromatic rings. The number of thiazole rings is 2. The molecule has 0 radical (unpaired) electrons. The summed E-state index contributed by atoms with van der Waals surface area (Å²) in [6, 6.07) is 0. The van der Waals surface area contributed by atoms with Crippen LogP contribution in [0.4, 0.5) is 5.13 Å². The van der Waals surface area contributed by atoms with Gasteiger partial charge in [-0.1, -0.05) is 13.8 Å². The molecular weight excluding hydrogens is 316 g/mol. The van der Waals surface area contributed by atoms with E-state index in [2.05, 4.69) is 14.7 Å². The SMILES string of the molecule is CC(C)c1csc(NS(=O)(=O)c2cnc3sccn23)n1. The third-order valence-corrected chi connectivity index (χ3v) is 5.71. The number of rotatable bonds is 4. The molecule has 0 bridgehead atoms. The molecule has 6 nitrogen and oxygen atoms in total. The zero-order valence-electron chi connectivity index (χ0n) is 10.8. The van der Waals surface area contributed by atoms with Crippen molar-refractivity contribution in [2.75, 3.05) is 4.72 Å². The van der Waals surface area contributed by atoms with E-state index >= 15 is 0 Å². The lowest BCUT2D eigenvalue weighted by molar-refractivity contribution is 0.596. The van der Waals surface area contributed by atoms with Gasteiger partial charge in [0.1, 0.15) is 0 Å². The Labute approximate surface area is 124 Å². The van der Waals surface area contributed by atoms with Crippen LogP contribution in [0.5, 0.6) is 0 Å². The Kier molecular flexibility index (Phi) is 3.27. The summed E-state index contributed by atoms with van der Waals surface area (Å²) in [6.07, 6.45) is 3.04. The maximum Gasteiger partial charge on any atom is 0.281 e. The number of fused-ring (bicyclic) bond motifs is 1. The molecule has 3 heterocycles. The van der Waals surface area contributed by atoms with Crippen molar-refractivity contribution in [3.05, 3.63) is 28.8 Å². The third kappa shape index (κ3) is 2.32. The van der Waals surface area contributed by atoms with Gasteiger partial charge >= 0.3 is 0 Å². The van der Waals surface area contributed by atoms with Gasteiger partial charge in [-0.05, 0) is 5.92 Å². The fraction of sp³-hybridized carbons (Fsp3) is 0.273. The maximum atomic E-state index is 12.4. The number of aromatic nitrogens is 3. The van der Waals surface area contributed by atoms with Crippen LogP contribution in [0.3, 0.4) is 0 Å². The van der Waals surface area contributed by atoms with Gasteiger partial charge in [0.15, 0.2) is 15.1 Å². The Morgan fingerprint density at radius 2 is 2.15 bits per heavy atom. The summed E-state index contributed by atoms with van der Waals surface area (Å²) >= 11 is 2.67. The first-order valence-corrected chi connectivity index (χ1v) is 9.10. The monoisotopic (exact) mass is 328 g/mol. The van der Waals surface area contributed by atoms with E-state index in [-0.39, 0.29) is 10.9 Å². The molecule has 3 aromatic heterocycles. The highest BCUT2D eigenvalue weighted by Crippen LogP contribution is 2.24. The van der Waals surface area contributed by atoms with Gasteiger partial charge in [0, 0.05) is 17.0 Å². The molecule has 0 aliphatic carbocycles. The predicted octanol–water partition coefficient (Wildman–Crippen LogP) is 2.78. The number of hydrogen-bond donors (Lipinski definition) is 1. The molecule has 0 atom stereocenters. The summed E-state index contributed by atoms with van der Waals surface area (Å²) in [5, 5.41) is 4.15. The lowest BCUT2D eigenvalue weighted by atomic mass is 10.2. The number of nitrogens with zero attached hydrogens (tertiary/aromatic N) is 3. The third-order valence-electron chi connectivity index (χ3n) is 2.72. The first kappa shape index (κ1) is 13.5. The van der Waals surface area contributed by atoms with Crippen molar-refractivity contribution in [2.24, 2.45) is 0 Å². The van der Waals surface area contributed by atoms with Crippen LogP contribution in [0.25, 0.3) is 4.96 Å². The largest absolute Gasteiger partial charge is 0.281 e. The highest BCUT2D eigenvalue weighted by atomic mass is 32.2. The van der Waals surface area contributed by atoms with Crippen molar-refractivity contribution < 1.29 is 8.42 Å². The van der Waals surface area contributed by atoms with Crippen LogP contribution in [0, 0.1) is 0 Å². The number of anilines is 1. The van der Waals surface area contributed by atoms with Crippen LogP contribution in [-0.2, 0) is 10.0 Å². The van der Waals surface area contributed by atoms with Crippen LogP contribution >= 0.6 is 22.7 Å². The van der Waals surface area contributed by atoms with E-state index in [1.54, 1.807) is 16.0 Å². The number of nitrogens with one attached hydrogen (secondary N) is 1. The first-order chi connectivity index (χ1) is 9.47. The summed E-state index contributed by atoms with van der Waals surface area (Å²) in [6.45, 7) is 4.03. The van der Waals surface area contributed by atoms with E-state index in [9.17, 15) is 8.42 Å². The molecule has 3 rings (SSSR count). The summed E-state index contributed by atoms with van der Waals surface area (Å²) in [7, 11) is -3.67. The number of imidazole rings is 1. The highest BCUT2D eigenvalue weighted by molar-refractivity contribution is 7.92. The van der Waals surface area contributed by atoms with Gasteiger partial charge < -0.3 is 0 Å². The van der Waals surface area contributed by atoms with Crippen molar-refractivity contribution >= 4 is 42.8 Å². The second-order valence-corrected chi connectivity index (χ2v) is 7.85. The minimum absolute atomic E-state index is 0.120. The molecule has 0 aliphatic heterocycles. The number of hydrogen-bond acceptors (Lipinski definition) is 6. The zero-order chi connectivity index (χ0) is 14.3. The van der Waals surface area contributed by atoms with Gasteiger partial charge in [-0.15, -0.1) is 22.7 Å². The Bertz CT molecular complexity index is 844. The lowest BCUT2D eigenvalue weighted by Gasteiger charge is -2.03. The minimum Gasteiger partial charge on any atom is -0.279 e. The molecule has 0 aromatic carbocycles. The van der Waals surface area contributed by atoms with Gasteiger partial charge in [0.05, 0.1) is 11.9 Å². The van der Waals surface area contributed by atoms with Gasteiger partial charge in [-0.3, -0.25) is 9.12 Å². The molecule has 0 unspecified atom stereocenters. The fourth-order valence-corrected chi connectivity index (χ4v) is 4.63. The zero-order valence-corrected chi connectivity index (χ0v) is 13.2. The summed E-state index contributed by atoms with van der Waals surface area (Å²) in [4.78, 5) is 8.98. The Balaban J connectivity index is 1.94. The van der Waals surface area contributed by atoms with Crippen LogP contribution in [0.2, 0.25) is 0 Å². The van der Waals surface area contributed by atoms with E-state index in [1.165, 1.54) is 28.9 Å². The van der Waals surface area contributed by atoms with Crippen molar-refractivity contribution in [1.82, 2.24) is 14.4 Å². The molecular formula is C11H12N4O2S3. The molecule has 106 valence electrons. The molecule has 20 heavy (non-hydrogen) atoms. The van der Waals surface area contributed by atoms with E-state index in [0.717, 1.165) is 5.69 Å². The van der Waals surface area contributed by atoms with Crippen molar-refractivity contribution in [3.63, 3.8) is 0 Å². The normalized spacial score (nSPS) is 12.3. The van der Waals surface area contributed by atoms with E-state index < -0.39 is 10.0 Å². The Hall–Kier alpha value is -1.45. The predicted molar refractivity (Wildman–Crippen MR) is 80.1 cm³/mol. The first-order valence-electron chi connectivity index (χ1n) is 5.86. The molecule has 0 spiro atoms. The average molecular weight is 328 g/mol. The minimum atomic E-state index is -3.67. The maximum absolute atomic E-state index is 12.4. The van der Waals surface area contributed by atoms with E-state index in [4.69, 9.17) is 0 Å².